The van der Waals surface area contributed by atoms with Crippen molar-refractivity contribution in [1.82, 2.24) is 4.90 Å². The average Bonchev–Trinajstić information content (AvgIpc) is 2.25. The monoisotopic (exact) mass is 247 g/mol. The first kappa shape index (κ1) is 14.0. The van der Waals surface area contributed by atoms with Crippen LogP contribution < -0.4 is 0 Å². The van der Waals surface area contributed by atoms with Crippen molar-refractivity contribution < 1.29 is 8.42 Å². The highest BCUT2D eigenvalue weighted by Gasteiger charge is 2.27. The SMILES string of the molecule is CCC(CC)CN1CCCC(S(C)(=O)=O)C1. The Kier molecular flexibility index (Phi) is 5.25. The van der Waals surface area contributed by atoms with Gasteiger partial charge < -0.3 is 4.90 Å². The molecule has 1 rings (SSSR count). The van der Waals surface area contributed by atoms with E-state index in [1.165, 1.54) is 19.1 Å². The lowest BCUT2D eigenvalue weighted by molar-refractivity contribution is 0.192. The van der Waals surface area contributed by atoms with Gasteiger partial charge in [0.2, 0.25) is 0 Å². The van der Waals surface area contributed by atoms with E-state index in [-0.39, 0.29) is 5.25 Å². The molecule has 0 aromatic rings. The lowest BCUT2D eigenvalue weighted by atomic mass is 10.0. The third kappa shape index (κ3) is 4.06. The molecule has 1 fully saturated rings. The third-order valence-electron chi connectivity index (χ3n) is 3.74. The summed E-state index contributed by atoms with van der Waals surface area (Å²) < 4.78 is 23.1. The van der Waals surface area contributed by atoms with Gasteiger partial charge in [0.05, 0.1) is 5.25 Å². The number of hydrogen-bond donors (Lipinski definition) is 0. The Morgan fingerprint density at radius 1 is 1.31 bits per heavy atom. The second kappa shape index (κ2) is 6.01. The zero-order chi connectivity index (χ0) is 12.2. The Morgan fingerprint density at radius 2 is 1.94 bits per heavy atom. The smallest absolute Gasteiger partial charge is 0.151 e. The number of hydrogen-bond acceptors (Lipinski definition) is 3. The van der Waals surface area contributed by atoms with Gasteiger partial charge in [-0.25, -0.2) is 8.42 Å². The predicted molar refractivity (Wildman–Crippen MR) is 68.4 cm³/mol. The van der Waals surface area contributed by atoms with Crippen molar-refractivity contribution in [2.45, 2.75) is 44.8 Å². The maximum absolute atomic E-state index is 11.5. The van der Waals surface area contributed by atoms with Crippen LogP contribution in [-0.4, -0.2) is 44.5 Å². The summed E-state index contributed by atoms with van der Waals surface area (Å²) in [6, 6.07) is 0. The van der Waals surface area contributed by atoms with Crippen LogP contribution in [-0.2, 0) is 9.84 Å². The summed E-state index contributed by atoms with van der Waals surface area (Å²) in [7, 11) is -2.85. The van der Waals surface area contributed by atoms with E-state index in [4.69, 9.17) is 0 Å². The maximum atomic E-state index is 11.5. The summed E-state index contributed by atoms with van der Waals surface area (Å²) in [5, 5.41) is -0.129. The molecule has 0 amide bonds. The minimum absolute atomic E-state index is 0.129. The molecular formula is C12H25NO2S. The molecule has 96 valence electrons. The maximum Gasteiger partial charge on any atom is 0.151 e. The summed E-state index contributed by atoms with van der Waals surface area (Å²) in [6.45, 7) is 7.31. The van der Waals surface area contributed by atoms with Gasteiger partial charge in [0.15, 0.2) is 9.84 Å². The Balaban J connectivity index is 2.51. The Morgan fingerprint density at radius 3 is 2.44 bits per heavy atom. The van der Waals surface area contributed by atoms with Crippen LogP contribution in [0.2, 0.25) is 0 Å². The molecule has 0 aromatic heterocycles. The average molecular weight is 247 g/mol. The van der Waals surface area contributed by atoms with Crippen molar-refractivity contribution in [3.8, 4) is 0 Å². The van der Waals surface area contributed by atoms with Crippen molar-refractivity contribution in [2.24, 2.45) is 5.92 Å². The minimum Gasteiger partial charge on any atom is -0.302 e. The minimum atomic E-state index is -2.85. The van der Waals surface area contributed by atoms with Crippen LogP contribution in [0.5, 0.6) is 0 Å². The van der Waals surface area contributed by atoms with Crippen LogP contribution in [0.25, 0.3) is 0 Å². The highest BCUT2D eigenvalue weighted by Crippen LogP contribution is 2.19. The molecule has 1 aliphatic rings. The fourth-order valence-corrected chi connectivity index (χ4v) is 3.52. The first-order valence-corrected chi connectivity index (χ1v) is 8.34. The normalized spacial score (nSPS) is 23.9. The van der Waals surface area contributed by atoms with E-state index >= 15 is 0 Å². The van der Waals surface area contributed by atoms with Crippen molar-refractivity contribution in [1.29, 1.82) is 0 Å². The molecule has 0 radical (unpaired) electrons. The highest BCUT2D eigenvalue weighted by atomic mass is 32.2. The Hall–Kier alpha value is -0.0900. The van der Waals surface area contributed by atoms with Crippen molar-refractivity contribution in [3.05, 3.63) is 0 Å². The molecule has 4 heteroatoms. The number of sulfone groups is 1. The molecule has 1 saturated heterocycles. The van der Waals surface area contributed by atoms with Crippen LogP contribution >= 0.6 is 0 Å². The third-order valence-corrected chi connectivity index (χ3v) is 5.33. The highest BCUT2D eigenvalue weighted by molar-refractivity contribution is 7.91. The van der Waals surface area contributed by atoms with Gasteiger partial charge in [-0.3, -0.25) is 0 Å². The van der Waals surface area contributed by atoms with Crippen molar-refractivity contribution >= 4 is 9.84 Å². The molecule has 0 aromatic carbocycles. The molecule has 1 unspecified atom stereocenters. The molecule has 1 atom stereocenters. The van der Waals surface area contributed by atoms with E-state index in [1.807, 2.05) is 0 Å². The van der Waals surface area contributed by atoms with Crippen LogP contribution in [0.3, 0.4) is 0 Å². The number of nitrogens with zero attached hydrogens (tertiary/aromatic N) is 1. The molecular weight excluding hydrogens is 222 g/mol. The Labute approximate surface area is 100 Å². The standard InChI is InChI=1S/C12H25NO2S/c1-4-11(5-2)9-13-8-6-7-12(10-13)16(3,14)15/h11-12H,4-10H2,1-3H3. The van der Waals surface area contributed by atoms with E-state index < -0.39 is 9.84 Å². The van der Waals surface area contributed by atoms with Crippen molar-refractivity contribution in [3.63, 3.8) is 0 Å². The van der Waals surface area contributed by atoms with Crippen LogP contribution in [0.1, 0.15) is 39.5 Å². The quantitative estimate of drug-likeness (QED) is 0.745. The molecule has 1 aliphatic heterocycles. The van der Waals surface area contributed by atoms with Gasteiger partial charge in [-0.2, -0.15) is 0 Å². The van der Waals surface area contributed by atoms with Crippen LogP contribution in [0.4, 0.5) is 0 Å². The van der Waals surface area contributed by atoms with Crippen LogP contribution in [0, 0.1) is 5.92 Å². The topological polar surface area (TPSA) is 37.4 Å². The lowest BCUT2D eigenvalue weighted by Crippen LogP contribution is -2.43. The van der Waals surface area contributed by atoms with E-state index in [0.717, 1.165) is 38.4 Å². The van der Waals surface area contributed by atoms with E-state index in [1.54, 1.807) is 0 Å². The predicted octanol–water partition coefficient (Wildman–Crippen LogP) is 1.93. The summed E-state index contributed by atoms with van der Waals surface area (Å²) in [4.78, 5) is 2.34. The fraction of sp³-hybridized carbons (Fsp3) is 1.00. The molecule has 0 N–H and O–H groups in total. The zero-order valence-corrected chi connectivity index (χ0v) is 11.6. The second-order valence-corrected chi connectivity index (χ2v) is 7.36. The summed E-state index contributed by atoms with van der Waals surface area (Å²) in [5.74, 6) is 0.721. The number of likely N-dealkylation sites (tertiary alicyclic amines) is 1. The van der Waals surface area contributed by atoms with Gasteiger partial charge in [-0.15, -0.1) is 0 Å². The number of piperidine rings is 1. The summed E-state index contributed by atoms with van der Waals surface area (Å²) in [5.41, 5.74) is 0. The Bertz CT molecular complexity index is 296. The first-order valence-electron chi connectivity index (χ1n) is 6.38. The van der Waals surface area contributed by atoms with Crippen molar-refractivity contribution in [2.75, 3.05) is 25.9 Å². The summed E-state index contributed by atoms with van der Waals surface area (Å²) in [6.07, 6.45) is 5.63. The molecule has 16 heavy (non-hydrogen) atoms. The van der Waals surface area contributed by atoms with Gasteiger partial charge >= 0.3 is 0 Å². The summed E-state index contributed by atoms with van der Waals surface area (Å²) >= 11 is 0. The van der Waals surface area contributed by atoms with E-state index in [9.17, 15) is 8.42 Å². The molecule has 0 spiro atoms. The van der Waals surface area contributed by atoms with E-state index in [0.29, 0.717) is 0 Å². The largest absolute Gasteiger partial charge is 0.302 e. The molecule has 0 bridgehead atoms. The van der Waals surface area contributed by atoms with Gasteiger partial charge in [0.25, 0.3) is 0 Å². The lowest BCUT2D eigenvalue weighted by Gasteiger charge is -2.33. The van der Waals surface area contributed by atoms with E-state index in [2.05, 4.69) is 18.7 Å². The first-order chi connectivity index (χ1) is 7.47. The molecule has 0 aliphatic carbocycles. The van der Waals surface area contributed by atoms with Gasteiger partial charge in [-0.05, 0) is 25.3 Å². The van der Waals surface area contributed by atoms with Gasteiger partial charge in [0.1, 0.15) is 0 Å². The zero-order valence-electron chi connectivity index (χ0n) is 10.8. The molecule has 3 nitrogen and oxygen atoms in total. The second-order valence-electron chi connectivity index (χ2n) is 5.04. The van der Waals surface area contributed by atoms with Gasteiger partial charge in [-0.1, -0.05) is 26.7 Å². The van der Waals surface area contributed by atoms with Gasteiger partial charge in [0, 0.05) is 19.3 Å². The van der Waals surface area contributed by atoms with Crippen LogP contribution in [0.15, 0.2) is 0 Å². The number of rotatable bonds is 5. The molecule has 0 saturated carbocycles. The fourth-order valence-electron chi connectivity index (χ4n) is 2.44. The molecule has 1 heterocycles.